The molecule has 1 aliphatic rings. The van der Waals surface area contributed by atoms with Crippen LogP contribution >= 0.6 is 0 Å². The Hall–Kier alpha value is -2.25. The molecule has 0 saturated carbocycles. The van der Waals surface area contributed by atoms with Gasteiger partial charge in [-0.05, 0) is 24.5 Å². The van der Waals surface area contributed by atoms with Crippen LogP contribution in [0.5, 0.6) is 0 Å². The molecule has 0 radical (unpaired) electrons. The number of carbonyl (C=O) groups excluding carboxylic acids is 1. The van der Waals surface area contributed by atoms with Crippen LogP contribution in [-0.4, -0.2) is 60.0 Å². The summed E-state index contributed by atoms with van der Waals surface area (Å²) in [6.07, 6.45) is 1.45. The minimum Gasteiger partial charge on any atom is -0.463 e. The molecule has 1 aromatic carbocycles. The van der Waals surface area contributed by atoms with E-state index in [9.17, 15) is 4.79 Å². The number of rotatable bonds is 9. The van der Waals surface area contributed by atoms with Gasteiger partial charge in [0.05, 0.1) is 6.61 Å². The fourth-order valence-corrected chi connectivity index (χ4v) is 3.26. The molecule has 28 heavy (non-hydrogen) atoms. The number of hydrogen-bond donors (Lipinski definition) is 0. The van der Waals surface area contributed by atoms with Crippen molar-refractivity contribution in [3.63, 3.8) is 0 Å². The lowest BCUT2D eigenvalue weighted by Crippen LogP contribution is -2.45. The molecule has 3 rings (SSSR count). The summed E-state index contributed by atoms with van der Waals surface area (Å²) in [5.41, 5.74) is 0.889. The molecule has 1 aliphatic heterocycles. The highest BCUT2D eigenvalue weighted by molar-refractivity contribution is 5.69. The van der Waals surface area contributed by atoms with E-state index in [2.05, 4.69) is 28.9 Å². The quantitative estimate of drug-likeness (QED) is 0.612. The summed E-state index contributed by atoms with van der Waals surface area (Å²) in [7, 11) is 0. The second-order valence-electron chi connectivity index (χ2n) is 7.55. The van der Waals surface area contributed by atoms with Crippen LogP contribution in [0.4, 0.5) is 0 Å². The molecule has 1 fully saturated rings. The van der Waals surface area contributed by atoms with Crippen LogP contribution in [0, 0.1) is 5.92 Å². The molecule has 0 N–H and O–H groups in total. The van der Waals surface area contributed by atoms with E-state index < -0.39 is 0 Å². The Labute approximate surface area is 166 Å². The van der Waals surface area contributed by atoms with Crippen molar-refractivity contribution in [1.82, 2.24) is 15.1 Å². The number of benzene rings is 1. The number of ether oxygens (including phenoxy) is 2. The zero-order chi connectivity index (χ0) is 19.8. The maximum atomic E-state index is 12.0. The van der Waals surface area contributed by atoms with E-state index in [1.54, 1.807) is 0 Å². The zero-order valence-corrected chi connectivity index (χ0v) is 16.7. The smallest absolute Gasteiger partial charge is 0.305 e. The normalized spacial score (nSPS) is 17.8. The first-order valence-corrected chi connectivity index (χ1v) is 9.97. The molecule has 152 valence electrons. The SMILES string of the molecule is CC(C)CN1CCOC(COC(=O)CCCc2nnc(-c3ccccc3)o2)C1. The van der Waals surface area contributed by atoms with E-state index >= 15 is 0 Å². The van der Waals surface area contributed by atoms with Crippen molar-refractivity contribution in [1.29, 1.82) is 0 Å². The highest BCUT2D eigenvalue weighted by atomic mass is 16.6. The van der Waals surface area contributed by atoms with Crippen LogP contribution in [0.2, 0.25) is 0 Å². The molecular formula is C21H29N3O4. The van der Waals surface area contributed by atoms with Gasteiger partial charge in [0.1, 0.15) is 12.7 Å². The number of nitrogens with zero attached hydrogens (tertiary/aromatic N) is 3. The van der Waals surface area contributed by atoms with Crippen LogP contribution in [-0.2, 0) is 20.7 Å². The third kappa shape index (κ3) is 6.42. The van der Waals surface area contributed by atoms with Gasteiger partial charge in [-0.1, -0.05) is 32.0 Å². The third-order valence-corrected chi connectivity index (χ3v) is 4.54. The van der Waals surface area contributed by atoms with E-state index in [0.717, 1.165) is 25.2 Å². The molecule has 7 nitrogen and oxygen atoms in total. The summed E-state index contributed by atoms with van der Waals surface area (Å²) in [5, 5.41) is 8.10. The molecule has 0 amide bonds. The Morgan fingerprint density at radius 3 is 2.89 bits per heavy atom. The second-order valence-corrected chi connectivity index (χ2v) is 7.55. The van der Waals surface area contributed by atoms with Gasteiger partial charge in [-0.3, -0.25) is 9.69 Å². The van der Waals surface area contributed by atoms with E-state index in [1.807, 2.05) is 30.3 Å². The number of esters is 1. The van der Waals surface area contributed by atoms with Gasteiger partial charge >= 0.3 is 5.97 Å². The summed E-state index contributed by atoms with van der Waals surface area (Å²) >= 11 is 0. The predicted molar refractivity (Wildman–Crippen MR) is 105 cm³/mol. The summed E-state index contributed by atoms with van der Waals surface area (Å²) in [5.74, 6) is 1.44. The van der Waals surface area contributed by atoms with Gasteiger partial charge in [-0.15, -0.1) is 10.2 Å². The molecule has 1 atom stereocenters. The highest BCUT2D eigenvalue weighted by Crippen LogP contribution is 2.17. The Bertz CT molecular complexity index is 732. The van der Waals surface area contributed by atoms with Gasteiger partial charge in [0, 0.05) is 38.0 Å². The molecule has 0 bridgehead atoms. The number of morpholine rings is 1. The number of aryl methyl sites for hydroxylation is 1. The zero-order valence-electron chi connectivity index (χ0n) is 16.7. The fourth-order valence-electron chi connectivity index (χ4n) is 3.26. The van der Waals surface area contributed by atoms with Crippen molar-refractivity contribution in [2.45, 2.75) is 39.2 Å². The molecule has 0 aliphatic carbocycles. The summed E-state index contributed by atoms with van der Waals surface area (Å²) < 4.78 is 16.7. The van der Waals surface area contributed by atoms with Gasteiger partial charge in [0.15, 0.2) is 0 Å². The lowest BCUT2D eigenvalue weighted by Gasteiger charge is -2.33. The highest BCUT2D eigenvalue weighted by Gasteiger charge is 2.22. The number of aromatic nitrogens is 2. The van der Waals surface area contributed by atoms with E-state index in [-0.39, 0.29) is 12.1 Å². The minimum atomic E-state index is -0.215. The number of hydrogen-bond acceptors (Lipinski definition) is 7. The standard InChI is InChI=1S/C21H29N3O4/c1-16(2)13-24-11-12-26-18(14-24)15-27-20(25)10-6-9-19-22-23-21(28-19)17-7-4-3-5-8-17/h3-5,7-8,16,18H,6,9-15H2,1-2H3. The Morgan fingerprint density at radius 2 is 2.11 bits per heavy atom. The lowest BCUT2D eigenvalue weighted by molar-refractivity contribution is -0.150. The summed E-state index contributed by atoms with van der Waals surface area (Å²) in [4.78, 5) is 14.4. The molecule has 7 heteroatoms. The van der Waals surface area contributed by atoms with Crippen molar-refractivity contribution in [2.75, 3.05) is 32.8 Å². The van der Waals surface area contributed by atoms with Gasteiger partial charge < -0.3 is 13.9 Å². The van der Waals surface area contributed by atoms with Crippen LogP contribution in [0.1, 0.15) is 32.6 Å². The summed E-state index contributed by atoms with van der Waals surface area (Å²) in [6.45, 7) is 8.21. The molecular weight excluding hydrogens is 358 g/mol. The molecule has 1 unspecified atom stereocenters. The van der Waals surface area contributed by atoms with Crippen molar-refractivity contribution >= 4 is 5.97 Å². The average molecular weight is 387 g/mol. The van der Waals surface area contributed by atoms with Crippen molar-refractivity contribution in [3.05, 3.63) is 36.2 Å². The third-order valence-electron chi connectivity index (χ3n) is 4.54. The van der Waals surface area contributed by atoms with Gasteiger partial charge in [-0.2, -0.15) is 0 Å². The first-order chi connectivity index (χ1) is 13.6. The van der Waals surface area contributed by atoms with Crippen LogP contribution in [0.15, 0.2) is 34.7 Å². The maximum absolute atomic E-state index is 12.0. The van der Waals surface area contributed by atoms with E-state index in [4.69, 9.17) is 13.9 Å². The van der Waals surface area contributed by atoms with E-state index in [1.165, 1.54) is 0 Å². The largest absolute Gasteiger partial charge is 0.463 e. The average Bonchev–Trinajstić information content (AvgIpc) is 3.16. The lowest BCUT2D eigenvalue weighted by atomic mass is 10.2. The molecule has 0 spiro atoms. The molecule has 1 aromatic heterocycles. The topological polar surface area (TPSA) is 77.7 Å². The maximum Gasteiger partial charge on any atom is 0.305 e. The molecule has 1 saturated heterocycles. The van der Waals surface area contributed by atoms with Gasteiger partial charge in [-0.25, -0.2) is 0 Å². The van der Waals surface area contributed by atoms with Crippen LogP contribution in [0.25, 0.3) is 11.5 Å². The monoisotopic (exact) mass is 387 g/mol. The minimum absolute atomic E-state index is 0.0409. The van der Waals surface area contributed by atoms with Crippen molar-refractivity contribution in [2.24, 2.45) is 5.92 Å². The van der Waals surface area contributed by atoms with Gasteiger partial charge in [0.2, 0.25) is 11.8 Å². The first kappa shape index (κ1) is 20.5. The van der Waals surface area contributed by atoms with Crippen molar-refractivity contribution in [3.8, 4) is 11.5 Å². The predicted octanol–water partition coefficient (Wildman–Crippen LogP) is 2.96. The van der Waals surface area contributed by atoms with Gasteiger partial charge in [0.25, 0.3) is 0 Å². The second kappa shape index (κ2) is 10.3. The van der Waals surface area contributed by atoms with Crippen molar-refractivity contribution < 1.29 is 18.7 Å². The molecule has 2 aromatic rings. The Morgan fingerprint density at radius 1 is 1.29 bits per heavy atom. The van der Waals surface area contributed by atoms with Crippen LogP contribution in [0.3, 0.4) is 0 Å². The fraction of sp³-hybridized carbons (Fsp3) is 0.571. The number of carbonyl (C=O) groups is 1. The van der Waals surface area contributed by atoms with Crippen LogP contribution < -0.4 is 0 Å². The summed E-state index contributed by atoms with van der Waals surface area (Å²) in [6, 6.07) is 9.63. The van der Waals surface area contributed by atoms with E-state index in [0.29, 0.717) is 50.2 Å². The Balaban J connectivity index is 1.34. The molecule has 2 heterocycles. The Kier molecular flexibility index (Phi) is 7.56. The first-order valence-electron chi connectivity index (χ1n) is 9.97.